The van der Waals surface area contributed by atoms with Crippen LogP contribution in [0.1, 0.15) is 6.92 Å². The van der Waals surface area contributed by atoms with Gasteiger partial charge in [0.1, 0.15) is 5.75 Å². The maximum Gasteiger partial charge on any atom is 0.243 e. The molecular formula is C17H18ClNO5S2. The van der Waals surface area contributed by atoms with Gasteiger partial charge < -0.3 is 4.74 Å². The summed E-state index contributed by atoms with van der Waals surface area (Å²) in [6.07, 6.45) is 0. The van der Waals surface area contributed by atoms with E-state index in [0.29, 0.717) is 17.4 Å². The second-order valence-corrected chi connectivity index (χ2v) is 10.4. The van der Waals surface area contributed by atoms with Crippen molar-refractivity contribution in [1.82, 2.24) is 4.31 Å². The smallest absolute Gasteiger partial charge is 0.243 e. The van der Waals surface area contributed by atoms with Gasteiger partial charge in [0, 0.05) is 18.1 Å². The Morgan fingerprint density at radius 3 is 2.04 bits per heavy atom. The van der Waals surface area contributed by atoms with E-state index in [1.165, 1.54) is 40.7 Å². The number of benzene rings is 2. The zero-order valence-corrected chi connectivity index (χ0v) is 16.4. The van der Waals surface area contributed by atoms with Crippen LogP contribution in [0, 0.1) is 0 Å². The quantitative estimate of drug-likeness (QED) is 0.724. The highest BCUT2D eigenvalue weighted by atomic mass is 35.5. The van der Waals surface area contributed by atoms with Crippen molar-refractivity contribution in [2.75, 3.05) is 19.7 Å². The van der Waals surface area contributed by atoms with Gasteiger partial charge >= 0.3 is 0 Å². The van der Waals surface area contributed by atoms with Crippen LogP contribution >= 0.6 is 11.6 Å². The van der Waals surface area contributed by atoms with E-state index in [-0.39, 0.29) is 22.9 Å². The van der Waals surface area contributed by atoms with E-state index in [1.54, 1.807) is 12.1 Å². The van der Waals surface area contributed by atoms with Gasteiger partial charge in [-0.1, -0.05) is 11.6 Å². The summed E-state index contributed by atoms with van der Waals surface area (Å²) in [5.74, 6) is 0.582. The summed E-state index contributed by atoms with van der Waals surface area (Å²) in [6.45, 7) is 2.19. The van der Waals surface area contributed by atoms with Gasteiger partial charge in [-0.25, -0.2) is 16.8 Å². The molecule has 9 heteroatoms. The molecule has 0 aliphatic carbocycles. The summed E-state index contributed by atoms with van der Waals surface area (Å²) in [4.78, 5) is 0.258. The van der Waals surface area contributed by atoms with Crippen LogP contribution in [0.25, 0.3) is 0 Å². The molecule has 0 aromatic heterocycles. The first-order valence-corrected chi connectivity index (χ1v) is 11.3. The molecule has 0 amide bonds. The van der Waals surface area contributed by atoms with Crippen LogP contribution < -0.4 is 4.74 Å². The lowest BCUT2D eigenvalue weighted by atomic mass is 10.3. The van der Waals surface area contributed by atoms with E-state index in [4.69, 9.17) is 16.3 Å². The highest BCUT2D eigenvalue weighted by Gasteiger charge is 2.44. The molecule has 6 nitrogen and oxygen atoms in total. The molecule has 0 radical (unpaired) electrons. The molecule has 2 aromatic carbocycles. The third-order valence-electron chi connectivity index (χ3n) is 4.17. The van der Waals surface area contributed by atoms with Gasteiger partial charge in [-0.15, -0.1) is 0 Å². The van der Waals surface area contributed by atoms with Crippen molar-refractivity contribution in [2.24, 2.45) is 0 Å². The minimum absolute atomic E-state index is 0.0689. The first-order chi connectivity index (χ1) is 12.2. The van der Waals surface area contributed by atoms with Crippen molar-refractivity contribution < 1.29 is 21.6 Å². The Labute approximate surface area is 158 Å². The lowest BCUT2D eigenvalue weighted by Crippen LogP contribution is -2.56. The summed E-state index contributed by atoms with van der Waals surface area (Å²) in [5.41, 5.74) is 0. The molecule has 0 spiro atoms. The zero-order valence-electron chi connectivity index (χ0n) is 14.0. The molecule has 0 saturated carbocycles. The number of rotatable bonds is 6. The van der Waals surface area contributed by atoms with Crippen LogP contribution in [0.2, 0.25) is 5.02 Å². The van der Waals surface area contributed by atoms with Crippen molar-refractivity contribution >= 4 is 31.5 Å². The Balaban J connectivity index is 1.73. The van der Waals surface area contributed by atoms with Crippen LogP contribution in [0.15, 0.2) is 58.3 Å². The van der Waals surface area contributed by atoms with Gasteiger partial charge in [-0.05, 0) is 55.5 Å². The summed E-state index contributed by atoms with van der Waals surface area (Å²) in [6, 6.07) is 11.9. The number of ether oxygens (including phenoxy) is 1. The fraction of sp³-hybridized carbons (Fsp3) is 0.294. The molecule has 0 atom stereocenters. The third-order valence-corrected chi connectivity index (χ3v) is 8.37. The van der Waals surface area contributed by atoms with Gasteiger partial charge in [-0.3, -0.25) is 0 Å². The molecule has 1 aliphatic heterocycles. The van der Waals surface area contributed by atoms with Crippen LogP contribution in [-0.2, 0) is 19.9 Å². The number of nitrogens with zero attached hydrogens (tertiary/aromatic N) is 1. The van der Waals surface area contributed by atoms with Crippen molar-refractivity contribution in [3.63, 3.8) is 0 Å². The molecule has 2 aromatic rings. The van der Waals surface area contributed by atoms with E-state index < -0.39 is 25.1 Å². The molecule has 1 fully saturated rings. The second-order valence-electron chi connectivity index (χ2n) is 5.85. The Morgan fingerprint density at radius 1 is 0.962 bits per heavy atom. The number of hydrogen-bond donors (Lipinski definition) is 0. The SMILES string of the molecule is CCOc1ccc(S(=O)(=O)N2CC(S(=O)(=O)c3ccc(Cl)cc3)C2)cc1. The van der Waals surface area contributed by atoms with Crippen LogP contribution in [0.3, 0.4) is 0 Å². The predicted molar refractivity (Wildman–Crippen MR) is 98.8 cm³/mol. The number of halogens is 1. The van der Waals surface area contributed by atoms with Gasteiger partial charge in [0.2, 0.25) is 10.0 Å². The minimum atomic E-state index is -3.72. The summed E-state index contributed by atoms with van der Waals surface area (Å²) in [5, 5.41) is -0.321. The summed E-state index contributed by atoms with van der Waals surface area (Å²) < 4.78 is 56.8. The highest BCUT2D eigenvalue weighted by Crippen LogP contribution is 2.29. The maximum absolute atomic E-state index is 12.6. The lowest BCUT2D eigenvalue weighted by molar-refractivity contribution is 0.309. The molecule has 0 bridgehead atoms. The third kappa shape index (κ3) is 3.59. The average molecular weight is 416 g/mol. The Bertz CT molecular complexity index is 980. The monoisotopic (exact) mass is 415 g/mol. The van der Waals surface area contributed by atoms with E-state index in [9.17, 15) is 16.8 Å². The van der Waals surface area contributed by atoms with Gasteiger partial charge in [0.25, 0.3) is 0 Å². The predicted octanol–water partition coefficient (Wildman–Crippen LogP) is 2.59. The van der Waals surface area contributed by atoms with Crippen molar-refractivity contribution in [2.45, 2.75) is 22.0 Å². The Hall–Kier alpha value is -1.61. The van der Waals surface area contributed by atoms with E-state index >= 15 is 0 Å². The number of hydrogen-bond acceptors (Lipinski definition) is 5. The standard InChI is InChI=1S/C17H18ClNO5S2/c1-2-24-14-5-9-16(10-6-14)26(22,23)19-11-17(12-19)25(20,21)15-7-3-13(18)4-8-15/h3-10,17H,2,11-12H2,1H3. The largest absolute Gasteiger partial charge is 0.494 e. The van der Waals surface area contributed by atoms with Gasteiger partial charge in [-0.2, -0.15) is 4.31 Å². The summed E-state index contributed by atoms with van der Waals surface area (Å²) >= 11 is 5.78. The van der Waals surface area contributed by atoms with E-state index in [2.05, 4.69) is 0 Å². The molecule has 0 unspecified atom stereocenters. The van der Waals surface area contributed by atoms with E-state index in [0.717, 1.165) is 0 Å². The van der Waals surface area contributed by atoms with Crippen LogP contribution in [-0.4, -0.2) is 46.1 Å². The van der Waals surface area contributed by atoms with E-state index in [1.807, 2.05) is 6.92 Å². The average Bonchev–Trinajstić information content (AvgIpc) is 2.54. The van der Waals surface area contributed by atoms with Crippen LogP contribution in [0.4, 0.5) is 0 Å². The normalized spacial score (nSPS) is 16.2. The lowest BCUT2D eigenvalue weighted by Gasteiger charge is -2.37. The Kier molecular flexibility index (Phi) is 5.30. The fourth-order valence-corrected chi connectivity index (χ4v) is 6.13. The maximum atomic E-state index is 12.6. The van der Waals surface area contributed by atoms with Crippen molar-refractivity contribution in [1.29, 1.82) is 0 Å². The van der Waals surface area contributed by atoms with Crippen molar-refractivity contribution in [3.05, 3.63) is 53.6 Å². The minimum Gasteiger partial charge on any atom is -0.494 e. The molecular weight excluding hydrogens is 398 g/mol. The first kappa shape index (κ1) is 19.2. The summed E-state index contributed by atoms with van der Waals surface area (Å²) in [7, 11) is -7.32. The second kappa shape index (κ2) is 7.19. The molecule has 1 saturated heterocycles. The molecule has 1 heterocycles. The molecule has 3 rings (SSSR count). The number of sulfonamides is 1. The van der Waals surface area contributed by atoms with Crippen LogP contribution in [0.5, 0.6) is 5.75 Å². The topological polar surface area (TPSA) is 80.8 Å². The highest BCUT2D eigenvalue weighted by molar-refractivity contribution is 7.92. The zero-order chi connectivity index (χ0) is 18.9. The molecule has 26 heavy (non-hydrogen) atoms. The molecule has 1 aliphatic rings. The fourth-order valence-electron chi connectivity index (χ4n) is 2.63. The van der Waals surface area contributed by atoms with Gasteiger partial charge in [0.05, 0.1) is 21.6 Å². The van der Waals surface area contributed by atoms with Gasteiger partial charge in [0.15, 0.2) is 9.84 Å². The first-order valence-electron chi connectivity index (χ1n) is 7.97. The number of sulfone groups is 1. The Morgan fingerprint density at radius 2 is 1.50 bits per heavy atom. The molecule has 0 N–H and O–H groups in total. The van der Waals surface area contributed by atoms with Crippen molar-refractivity contribution in [3.8, 4) is 5.75 Å². The molecule has 140 valence electrons.